The van der Waals surface area contributed by atoms with Gasteiger partial charge in [-0.25, -0.2) is 0 Å². The van der Waals surface area contributed by atoms with E-state index in [0.29, 0.717) is 0 Å². The molecule has 1 aromatic rings. The fraction of sp³-hybridized carbons (Fsp3) is 0.625. The van der Waals surface area contributed by atoms with Crippen LogP contribution in [0.15, 0.2) is 30.3 Å². The van der Waals surface area contributed by atoms with Gasteiger partial charge in [0.1, 0.15) is 0 Å². The van der Waals surface area contributed by atoms with E-state index < -0.39 is 0 Å². The summed E-state index contributed by atoms with van der Waals surface area (Å²) < 4.78 is 5.85. The number of ether oxygens (including phenoxy) is 1. The minimum Gasteiger partial charge on any atom is -0.374 e. The van der Waals surface area contributed by atoms with E-state index in [1.807, 2.05) is 6.07 Å². The van der Waals surface area contributed by atoms with Gasteiger partial charge in [-0.3, -0.25) is 0 Å². The van der Waals surface area contributed by atoms with E-state index in [9.17, 15) is 0 Å². The molecular weight excluding hydrogens is 222 g/mol. The van der Waals surface area contributed by atoms with E-state index in [1.54, 1.807) is 0 Å². The molecule has 2 rings (SSSR count). The van der Waals surface area contributed by atoms with Crippen molar-refractivity contribution in [3.05, 3.63) is 35.9 Å². The normalized spacial score (nSPS) is 16.7. The van der Waals surface area contributed by atoms with Crippen molar-refractivity contribution in [3.63, 3.8) is 0 Å². The van der Waals surface area contributed by atoms with Gasteiger partial charge in [0.05, 0.1) is 6.10 Å². The van der Waals surface area contributed by atoms with Crippen LogP contribution in [-0.2, 0) is 4.74 Å². The Hall–Kier alpha value is -0.860. The van der Waals surface area contributed by atoms with Gasteiger partial charge in [-0.15, -0.1) is 0 Å². The molecule has 1 atom stereocenters. The molecule has 2 nitrogen and oxygen atoms in total. The molecule has 2 heteroatoms. The van der Waals surface area contributed by atoms with Gasteiger partial charge in [0.25, 0.3) is 0 Å². The maximum atomic E-state index is 5.85. The average molecular weight is 247 g/mol. The lowest BCUT2D eigenvalue weighted by atomic mass is 10.1. The molecule has 0 spiro atoms. The number of nitrogens with one attached hydrogen (secondary N) is 1. The van der Waals surface area contributed by atoms with Crippen LogP contribution in [0.3, 0.4) is 0 Å². The van der Waals surface area contributed by atoms with Gasteiger partial charge >= 0.3 is 0 Å². The minimum atomic E-state index is 0.218. The van der Waals surface area contributed by atoms with Gasteiger partial charge in [0.2, 0.25) is 0 Å². The summed E-state index contributed by atoms with van der Waals surface area (Å²) in [5.41, 5.74) is 1.27. The Morgan fingerprint density at radius 2 is 1.94 bits per heavy atom. The second-order valence-electron chi connectivity index (χ2n) is 5.21. The predicted octanol–water partition coefficient (Wildman–Crippen LogP) is 3.69. The van der Waals surface area contributed by atoms with Crippen LogP contribution in [0.25, 0.3) is 0 Å². The van der Waals surface area contributed by atoms with Gasteiger partial charge in [-0.05, 0) is 51.1 Å². The Morgan fingerprint density at radius 3 is 2.67 bits per heavy atom. The largest absolute Gasteiger partial charge is 0.374 e. The Bertz CT molecular complexity index is 321. The van der Waals surface area contributed by atoms with Gasteiger partial charge in [0.15, 0.2) is 0 Å². The third-order valence-corrected chi connectivity index (χ3v) is 3.47. The average Bonchev–Trinajstić information content (AvgIpc) is 3.22. The van der Waals surface area contributed by atoms with Gasteiger partial charge in [0, 0.05) is 12.6 Å². The molecule has 18 heavy (non-hydrogen) atoms. The molecule has 0 saturated heterocycles. The van der Waals surface area contributed by atoms with Crippen molar-refractivity contribution in [2.75, 3.05) is 13.2 Å². The summed E-state index contributed by atoms with van der Waals surface area (Å²) in [4.78, 5) is 0. The van der Waals surface area contributed by atoms with E-state index in [-0.39, 0.29) is 6.10 Å². The SMILES string of the molecule is CC(OCCCCCNC1CC1)c1ccccc1. The van der Waals surface area contributed by atoms with Crippen LogP contribution in [0.5, 0.6) is 0 Å². The fourth-order valence-corrected chi connectivity index (χ4v) is 2.08. The molecule has 1 fully saturated rings. The molecule has 0 heterocycles. The van der Waals surface area contributed by atoms with Crippen molar-refractivity contribution in [2.45, 2.75) is 51.2 Å². The first-order valence-electron chi connectivity index (χ1n) is 7.26. The Morgan fingerprint density at radius 1 is 1.17 bits per heavy atom. The monoisotopic (exact) mass is 247 g/mol. The van der Waals surface area contributed by atoms with E-state index in [2.05, 4.69) is 36.5 Å². The zero-order valence-electron chi connectivity index (χ0n) is 11.4. The summed E-state index contributed by atoms with van der Waals surface area (Å²) in [5, 5.41) is 3.54. The summed E-state index contributed by atoms with van der Waals surface area (Å²) in [6, 6.07) is 11.3. The number of benzene rings is 1. The second-order valence-corrected chi connectivity index (χ2v) is 5.21. The third-order valence-electron chi connectivity index (χ3n) is 3.47. The van der Waals surface area contributed by atoms with E-state index in [1.165, 1.54) is 44.2 Å². The minimum absolute atomic E-state index is 0.218. The highest BCUT2D eigenvalue weighted by atomic mass is 16.5. The van der Waals surface area contributed by atoms with Crippen LogP contribution in [0.2, 0.25) is 0 Å². The maximum Gasteiger partial charge on any atom is 0.0796 e. The molecule has 1 aliphatic rings. The summed E-state index contributed by atoms with van der Waals surface area (Å²) in [6.45, 7) is 4.18. The molecule has 1 unspecified atom stereocenters. The quantitative estimate of drug-likeness (QED) is 0.672. The molecule has 1 saturated carbocycles. The van der Waals surface area contributed by atoms with E-state index in [0.717, 1.165) is 12.6 Å². The molecule has 0 aliphatic heterocycles. The van der Waals surface area contributed by atoms with Gasteiger partial charge < -0.3 is 10.1 Å². The van der Waals surface area contributed by atoms with Crippen molar-refractivity contribution >= 4 is 0 Å². The predicted molar refractivity (Wildman–Crippen MR) is 75.7 cm³/mol. The zero-order valence-corrected chi connectivity index (χ0v) is 11.4. The van der Waals surface area contributed by atoms with Crippen molar-refractivity contribution in [1.29, 1.82) is 0 Å². The summed E-state index contributed by atoms with van der Waals surface area (Å²) in [5.74, 6) is 0. The topological polar surface area (TPSA) is 21.3 Å². The fourth-order valence-electron chi connectivity index (χ4n) is 2.08. The zero-order chi connectivity index (χ0) is 12.6. The first kappa shape index (κ1) is 13.6. The highest BCUT2D eigenvalue weighted by molar-refractivity contribution is 5.16. The van der Waals surface area contributed by atoms with Crippen molar-refractivity contribution in [3.8, 4) is 0 Å². The van der Waals surface area contributed by atoms with Crippen LogP contribution in [0, 0.1) is 0 Å². The second kappa shape index (κ2) is 7.55. The number of hydrogen-bond donors (Lipinski definition) is 1. The molecule has 0 aromatic heterocycles. The van der Waals surface area contributed by atoms with Crippen LogP contribution in [0.4, 0.5) is 0 Å². The summed E-state index contributed by atoms with van der Waals surface area (Å²) in [7, 11) is 0. The molecule has 1 aliphatic carbocycles. The summed E-state index contributed by atoms with van der Waals surface area (Å²) >= 11 is 0. The lowest BCUT2D eigenvalue weighted by Crippen LogP contribution is -2.17. The Kier molecular flexibility index (Phi) is 5.69. The highest BCUT2D eigenvalue weighted by Gasteiger charge is 2.19. The van der Waals surface area contributed by atoms with Gasteiger partial charge in [-0.1, -0.05) is 30.3 Å². The number of unbranched alkanes of at least 4 members (excludes halogenated alkanes) is 2. The van der Waals surface area contributed by atoms with E-state index >= 15 is 0 Å². The first-order chi connectivity index (χ1) is 8.86. The maximum absolute atomic E-state index is 5.85. The third kappa shape index (κ3) is 5.19. The van der Waals surface area contributed by atoms with Gasteiger partial charge in [-0.2, -0.15) is 0 Å². The number of rotatable bonds is 9. The van der Waals surface area contributed by atoms with Crippen LogP contribution in [0.1, 0.15) is 50.7 Å². The number of hydrogen-bond acceptors (Lipinski definition) is 2. The van der Waals surface area contributed by atoms with Crippen LogP contribution < -0.4 is 5.32 Å². The Labute approximate surface area is 111 Å². The molecule has 0 radical (unpaired) electrons. The lowest BCUT2D eigenvalue weighted by Gasteiger charge is -2.13. The molecule has 0 bridgehead atoms. The molecule has 1 aromatic carbocycles. The van der Waals surface area contributed by atoms with Crippen molar-refractivity contribution < 1.29 is 4.74 Å². The highest BCUT2D eigenvalue weighted by Crippen LogP contribution is 2.18. The Balaban J connectivity index is 1.47. The van der Waals surface area contributed by atoms with E-state index in [4.69, 9.17) is 4.74 Å². The van der Waals surface area contributed by atoms with Crippen molar-refractivity contribution in [2.24, 2.45) is 0 Å². The molecule has 0 amide bonds. The standard InChI is InChI=1S/C16H25NO/c1-14(15-8-4-2-5-9-15)18-13-7-3-6-12-17-16-10-11-16/h2,4-5,8-9,14,16-17H,3,6-7,10-13H2,1H3. The molecule has 1 N–H and O–H groups in total. The van der Waals surface area contributed by atoms with Crippen molar-refractivity contribution in [1.82, 2.24) is 5.32 Å². The smallest absolute Gasteiger partial charge is 0.0796 e. The van der Waals surface area contributed by atoms with Crippen LogP contribution >= 0.6 is 0 Å². The summed E-state index contributed by atoms with van der Waals surface area (Å²) in [6.07, 6.45) is 6.70. The lowest BCUT2D eigenvalue weighted by molar-refractivity contribution is 0.0628. The first-order valence-corrected chi connectivity index (χ1v) is 7.26. The van der Waals surface area contributed by atoms with Crippen LogP contribution in [-0.4, -0.2) is 19.2 Å². The molecule has 100 valence electrons. The molecular formula is C16H25NO.